The van der Waals surface area contributed by atoms with Gasteiger partial charge in [-0.3, -0.25) is 19.7 Å². The summed E-state index contributed by atoms with van der Waals surface area (Å²) in [4.78, 5) is 31.2. The number of rotatable bonds is 3. The number of nitro benzene ring substituents is 1. The third-order valence-electron chi connectivity index (χ3n) is 3.26. The number of para-hydroxylation sites is 3. The fourth-order valence-corrected chi connectivity index (χ4v) is 2.11. The predicted octanol–water partition coefficient (Wildman–Crippen LogP) is 2.63. The van der Waals surface area contributed by atoms with Crippen LogP contribution < -0.4 is 10.6 Å². The minimum atomic E-state index is -0.998. The normalized spacial score (nSPS) is 14.9. The summed E-state index contributed by atoms with van der Waals surface area (Å²) in [6.45, 7) is 0. The zero-order valence-corrected chi connectivity index (χ0v) is 12.8. The molecule has 0 saturated carbocycles. The molecule has 1 atom stereocenters. The fourth-order valence-electron chi connectivity index (χ4n) is 2.11. The molecule has 0 spiro atoms. The molecule has 0 fully saturated rings. The highest BCUT2D eigenvalue weighted by molar-refractivity contribution is 6.04. The molecular formula is C16H14FN3O5. The first-order chi connectivity index (χ1) is 11.9. The van der Waals surface area contributed by atoms with Crippen molar-refractivity contribution in [2.75, 3.05) is 10.6 Å². The summed E-state index contributed by atoms with van der Waals surface area (Å²) in [7, 11) is 0. The monoisotopic (exact) mass is 347 g/mol. The average Bonchev–Trinajstić information content (AvgIpc) is 2.56. The Morgan fingerprint density at radius 2 is 1.76 bits per heavy atom. The van der Waals surface area contributed by atoms with Crippen LogP contribution in [-0.4, -0.2) is 27.9 Å². The van der Waals surface area contributed by atoms with Gasteiger partial charge in [-0.05, 0) is 18.2 Å². The molecule has 1 amide bonds. The second-order valence-corrected chi connectivity index (χ2v) is 5.04. The first kappa shape index (κ1) is 17.9. The second-order valence-electron chi connectivity index (χ2n) is 5.04. The van der Waals surface area contributed by atoms with Gasteiger partial charge in [0.2, 0.25) is 11.7 Å². The number of hydrogen-bond donors (Lipinski definition) is 3. The van der Waals surface area contributed by atoms with E-state index in [1.165, 1.54) is 12.1 Å². The van der Waals surface area contributed by atoms with Crippen LogP contribution in [0, 0.1) is 15.9 Å². The first-order valence-electron chi connectivity index (χ1n) is 7.15. The van der Waals surface area contributed by atoms with Crippen molar-refractivity contribution in [2.24, 2.45) is 0 Å². The third-order valence-corrected chi connectivity index (χ3v) is 3.26. The van der Waals surface area contributed by atoms with Crippen molar-refractivity contribution in [3.63, 3.8) is 0 Å². The first-order valence-corrected chi connectivity index (χ1v) is 7.15. The molecule has 3 rings (SSSR count). The summed E-state index contributed by atoms with van der Waals surface area (Å²) < 4.78 is 12.4. The number of amides is 1. The van der Waals surface area contributed by atoms with Crippen LogP contribution in [-0.2, 0) is 9.59 Å². The number of fused-ring (bicyclic) bond motifs is 1. The van der Waals surface area contributed by atoms with E-state index in [0.717, 1.165) is 17.8 Å². The third kappa shape index (κ3) is 4.74. The molecule has 8 nitrogen and oxygen atoms in total. The van der Waals surface area contributed by atoms with Crippen molar-refractivity contribution in [3.05, 3.63) is 64.5 Å². The molecular weight excluding hydrogens is 333 g/mol. The maximum Gasteiger partial charge on any atom is 0.305 e. The van der Waals surface area contributed by atoms with E-state index < -0.39 is 28.4 Å². The van der Waals surface area contributed by atoms with Gasteiger partial charge >= 0.3 is 11.7 Å². The Bertz CT molecular complexity index is 812. The number of carbonyl (C=O) groups excluding carboxylic acids is 1. The minimum Gasteiger partial charge on any atom is -0.481 e. The highest BCUT2D eigenvalue weighted by atomic mass is 19.1. The number of benzene rings is 2. The van der Waals surface area contributed by atoms with Gasteiger partial charge in [-0.2, -0.15) is 4.39 Å². The Morgan fingerprint density at radius 3 is 2.32 bits per heavy atom. The van der Waals surface area contributed by atoms with Gasteiger partial charge in [0.05, 0.1) is 22.7 Å². The van der Waals surface area contributed by atoms with Crippen LogP contribution in [0.5, 0.6) is 0 Å². The van der Waals surface area contributed by atoms with Crippen LogP contribution in [0.2, 0.25) is 0 Å². The predicted molar refractivity (Wildman–Crippen MR) is 87.8 cm³/mol. The Morgan fingerprint density at radius 1 is 1.16 bits per heavy atom. The van der Waals surface area contributed by atoms with E-state index in [0.29, 0.717) is 5.69 Å². The summed E-state index contributed by atoms with van der Waals surface area (Å²) in [6.07, 6.45) is -0.222. The molecule has 130 valence electrons. The molecule has 0 saturated heterocycles. The van der Waals surface area contributed by atoms with Crippen LogP contribution in [0.25, 0.3) is 0 Å². The van der Waals surface area contributed by atoms with Gasteiger partial charge in [0.15, 0.2) is 0 Å². The Balaban J connectivity index is 0.000000196. The molecule has 0 aliphatic carbocycles. The zero-order chi connectivity index (χ0) is 18.4. The highest BCUT2D eigenvalue weighted by Gasteiger charge is 2.26. The number of halogens is 1. The largest absolute Gasteiger partial charge is 0.481 e. The van der Waals surface area contributed by atoms with Crippen molar-refractivity contribution in [3.8, 4) is 0 Å². The van der Waals surface area contributed by atoms with Crippen LogP contribution in [0.4, 0.5) is 21.5 Å². The van der Waals surface area contributed by atoms with Crippen LogP contribution in [0.1, 0.15) is 6.42 Å². The molecule has 0 radical (unpaired) electrons. The second kappa shape index (κ2) is 7.86. The van der Waals surface area contributed by atoms with Gasteiger partial charge in [-0.25, -0.2) is 0 Å². The molecule has 1 aliphatic heterocycles. The van der Waals surface area contributed by atoms with Gasteiger partial charge in [-0.15, -0.1) is 0 Å². The summed E-state index contributed by atoms with van der Waals surface area (Å²) >= 11 is 0. The molecule has 1 aliphatic rings. The van der Waals surface area contributed by atoms with E-state index in [1.807, 2.05) is 6.07 Å². The topological polar surface area (TPSA) is 122 Å². The summed E-state index contributed by atoms with van der Waals surface area (Å²) in [6, 6.07) is 11.5. The molecule has 1 heterocycles. The van der Waals surface area contributed by atoms with Gasteiger partial charge < -0.3 is 15.7 Å². The molecule has 1 unspecified atom stereocenters. The van der Waals surface area contributed by atoms with E-state index in [2.05, 4.69) is 10.6 Å². The number of nitrogens with one attached hydrogen (secondary N) is 2. The quantitative estimate of drug-likeness (QED) is 0.579. The molecule has 9 heteroatoms. The number of anilines is 2. The highest BCUT2D eigenvalue weighted by Crippen LogP contribution is 2.26. The standard InChI is InChI=1S/C10H10N2O3.C6H4FNO2/c13-9(14)5-8-10(15)12-7-4-2-1-3-6(7)11-8;7-5-3-1-2-4-6(5)8(9)10/h1-4,8,11H,5H2,(H,12,15)(H,13,14);1-4H. The number of carboxylic acids is 1. The molecule has 3 N–H and O–H groups in total. The van der Waals surface area contributed by atoms with Gasteiger partial charge in [0, 0.05) is 6.07 Å². The minimum absolute atomic E-state index is 0.222. The maximum absolute atomic E-state index is 12.4. The number of nitro groups is 1. The van der Waals surface area contributed by atoms with Crippen molar-refractivity contribution >= 4 is 28.9 Å². The zero-order valence-electron chi connectivity index (χ0n) is 12.8. The van der Waals surface area contributed by atoms with E-state index >= 15 is 0 Å². The van der Waals surface area contributed by atoms with E-state index in [4.69, 9.17) is 5.11 Å². The number of nitrogens with zero attached hydrogens (tertiary/aromatic N) is 1. The number of hydrogen-bond acceptors (Lipinski definition) is 5. The SMILES string of the molecule is O=C(O)CC1Nc2ccccc2NC1=O.O=[N+]([O-])c1ccccc1F. The summed E-state index contributed by atoms with van der Waals surface area (Å²) in [5.41, 5.74) is 0.954. The number of carbonyl (C=O) groups is 2. The van der Waals surface area contributed by atoms with E-state index in [9.17, 15) is 24.1 Å². The lowest BCUT2D eigenvalue weighted by Crippen LogP contribution is -2.40. The smallest absolute Gasteiger partial charge is 0.305 e. The van der Waals surface area contributed by atoms with Crippen molar-refractivity contribution < 1.29 is 24.0 Å². The summed E-state index contributed by atoms with van der Waals surface area (Å²) in [5.74, 6) is -2.11. The number of carboxylic acid groups (broad SMARTS) is 1. The van der Waals surface area contributed by atoms with Gasteiger partial charge in [0.25, 0.3) is 0 Å². The van der Waals surface area contributed by atoms with Crippen LogP contribution in [0.3, 0.4) is 0 Å². The number of aliphatic carboxylic acids is 1. The lowest BCUT2D eigenvalue weighted by Gasteiger charge is -2.25. The van der Waals surface area contributed by atoms with Crippen LogP contribution in [0.15, 0.2) is 48.5 Å². The Kier molecular flexibility index (Phi) is 5.62. The molecule has 0 aromatic heterocycles. The van der Waals surface area contributed by atoms with Gasteiger partial charge in [-0.1, -0.05) is 24.3 Å². The van der Waals surface area contributed by atoms with E-state index in [-0.39, 0.29) is 12.3 Å². The van der Waals surface area contributed by atoms with Crippen LogP contribution >= 0.6 is 0 Å². The molecule has 0 bridgehead atoms. The fraction of sp³-hybridized carbons (Fsp3) is 0.125. The molecule has 2 aromatic carbocycles. The van der Waals surface area contributed by atoms with E-state index in [1.54, 1.807) is 18.2 Å². The van der Waals surface area contributed by atoms with Gasteiger partial charge in [0.1, 0.15) is 6.04 Å². The van der Waals surface area contributed by atoms with Crippen molar-refractivity contribution in [1.82, 2.24) is 0 Å². The molecule has 25 heavy (non-hydrogen) atoms. The summed E-state index contributed by atoms with van der Waals surface area (Å²) in [5, 5.41) is 24.1. The Hall–Kier alpha value is -3.49. The lowest BCUT2D eigenvalue weighted by atomic mass is 10.1. The van der Waals surface area contributed by atoms with Crippen molar-refractivity contribution in [1.29, 1.82) is 0 Å². The molecule has 2 aromatic rings. The average molecular weight is 347 g/mol. The van der Waals surface area contributed by atoms with Crippen molar-refractivity contribution in [2.45, 2.75) is 12.5 Å². The Labute approximate surface area is 141 Å². The maximum atomic E-state index is 12.4. The lowest BCUT2D eigenvalue weighted by molar-refractivity contribution is -0.387.